The Labute approximate surface area is 163 Å². The molecule has 5 rings (SSSR count). The first kappa shape index (κ1) is 17.1. The van der Waals surface area contributed by atoms with E-state index in [0.29, 0.717) is 11.7 Å². The standard InChI is InChI=1S/C21H21N5O2/c1-25-12-21(13-26(14-21)20(27)15-6-3-2-4-7-15)10-17(25)19-23-18(24-28-19)16-8-5-9-22-11-16/h2-9,11,17H,10,12-14H2,1H3. The van der Waals surface area contributed by atoms with E-state index in [9.17, 15) is 4.79 Å². The third-order valence-corrected chi connectivity index (χ3v) is 5.75. The predicted molar refractivity (Wildman–Crippen MR) is 102 cm³/mol. The van der Waals surface area contributed by atoms with E-state index < -0.39 is 0 Å². The van der Waals surface area contributed by atoms with Gasteiger partial charge in [0.15, 0.2) is 0 Å². The van der Waals surface area contributed by atoms with E-state index in [4.69, 9.17) is 4.52 Å². The van der Waals surface area contributed by atoms with E-state index in [1.54, 1.807) is 12.4 Å². The van der Waals surface area contributed by atoms with Gasteiger partial charge >= 0.3 is 0 Å². The summed E-state index contributed by atoms with van der Waals surface area (Å²) in [4.78, 5) is 25.5. The Balaban J connectivity index is 1.28. The quantitative estimate of drug-likeness (QED) is 0.701. The number of rotatable bonds is 3. The van der Waals surface area contributed by atoms with Gasteiger partial charge in [-0.2, -0.15) is 4.98 Å². The van der Waals surface area contributed by atoms with Crippen molar-refractivity contribution in [3.63, 3.8) is 0 Å². The number of hydrogen-bond donors (Lipinski definition) is 0. The van der Waals surface area contributed by atoms with Crippen molar-refractivity contribution in [3.8, 4) is 11.4 Å². The number of hydrogen-bond acceptors (Lipinski definition) is 6. The summed E-state index contributed by atoms with van der Waals surface area (Å²) in [7, 11) is 2.08. The lowest BCUT2D eigenvalue weighted by atomic mass is 9.77. The van der Waals surface area contributed by atoms with Crippen LogP contribution in [0.25, 0.3) is 11.4 Å². The average molecular weight is 375 g/mol. The van der Waals surface area contributed by atoms with Gasteiger partial charge in [0, 0.05) is 48.6 Å². The first-order chi connectivity index (χ1) is 13.6. The lowest BCUT2D eigenvalue weighted by Crippen LogP contribution is -2.59. The highest BCUT2D eigenvalue weighted by Crippen LogP contribution is 2.47. The molecule has 2 aromatic heterocycles. The number of amides is 1. The minimum Gasteiger partial charge on any atom is -0.337 e. The Kier molecular flexibility index (Phi) is 3.98. The molecule has 1 aromatic carbocycles. The molecule has 0 radical (unpaired) electrons. The molecule has 7 heteroatoms. The highest BCUT2D eigenvalue weighted by molar-refractivity contribution is 5.94. The van der Waals surface area contributed by atoms with Crippen molar-refractivity contribution in [2.24, 2.45) is 5.41 Å². The molecule has 7 nitrogen and oxygen atoms in total. The third kappa shape index (κ3) is 2.88. The second-order valence-electron chi connectivity index (χ2n) is 7.86. The molecule has 28 heavy (non-hydrogen) atoms. The molecule has 0 aliphatic carbocycles. The van der Waals surface area contributed by atoms with Crippen LogP contribution in [0.2, 0.25) is 0 Å². The molecule has 1 atom stereocenters. The number of carbonyl (C=O) groups is 1. The van der Waals surface area contributed by atoms with Crippen LogP contribution in [0.1, 0.15) is 28.7 Å². The van der Waals surface area contributed by atoms with Crippen molar-refractivity contribution < 1.29 is 9.32 Å². The topological polar surface area (TPSA) is 75.4 Å². The Morgan fingerprint density at radius 3 is 2.71 bits per heavy atom. The van der Waals surface area contributed by atoms with Crippen molar-refractivity contribution in [2.45, 2.75) is 12.5 Å². The summed E-state index contributed by atoms with van der Waals surface area (Å²) in [6, 6.07) is 13.3. The summed E-state index contributed by atoms with van der Waals surface area (Å²) >= 11 is 0. The number of carbonyl (C=O) groups excluding carboxylic acids is 1. The SMILES string of the molecule is CN1CC2(CC1c1nc(-c3cccnc3)no1)CN(C(=O)c1ccccc1)C2. The smallest absolute Gasteiger partial charge is 0.253 e. The van der Waals surface area contributed by atoms with Crippen LogP contribution < -0.4 is 0 Å². The normalized spacial score (nSPS) is 21.0. The van der Waals surface area contributed by atoms with Gasteiger partial charge in [0.25, 0.3) is 5.91 Å². The molecule has 4 heterocycles. The van der Waals surface area contributed by atoms with Gasteiger partial charge in [0.1, 0.15) is 0 Å². The van der Waals surface area contributed by atoms with Crippen LogP contribution in [-0.4, -0.2) is 57.5 Å². The van der Waals surface area contributed by atoms with E-state index >= 15 is 0 Å². The Hall–Kier alpha value is -3.06. The van der Waals surface area contributed by atoms with Gasteiger partial charge in [-0.3, -0.25) is 14.7 Å². The average Bonchev–Trinajstić information content (AvgIpc) is 3.32. The van der Waals surface area contributed by atoms with Crippen molar-refractivity contribution >= 4 is 5.91 Å². The number of pyridine rings is 1. The van der Waals surface area contributed by atoms with Gasteiger partial charge in [-0.25, -0.2) is 0 Å². The zero-order chi connectivity index (χ0) is 19.1. The zero-order valence-electron chi connectivity index (χ0n) is 15.7. The fourth-order valence-electron chi connectivity index (χ4n) is 4.43. The zero-order valence-corrected chi connectivity index (χ0v) is 15.7. The van der Waals surface area contributed by atoms with E-state index in [1.807, 2.05) is 47.4 Å². The Morgan fingerprint density at radius 2 is 1.96 bits per heavy atom. The van der Waals surface area contributed by atoms with Gasteiger partial charge in [-0.05, 0) is 37.7 Å². The molecule has 1 amide bonds. The summed E-state index contributed by atoms with van der Waals surface area (Å²) in [6.45, 7) is 2.46. The largest absolute Gasteiger partial charge is 0.337 e. The maximum atomic E-state index is 12.6. The fourth-order valence-corrected chi connectivity index (χ4v) is 4.43. The molecule has 2 aliphatic heterocycles. The van der Waals surface area contributed by atoms with Gasteiger partial charge in [0.2, 0.25) is 11.7 Å². The third-order valence-electron chi connectivity index (χ3n) is 5.75. The highest BCUT2D eigenvalue weighted by atomic mass is 16.5. The number of nitrogens with zero attached hydrogens (tertiary/aromatic N) is 5. The lowest BCUT2D eigenvalue weighted by Gasteiger charge is -2.48. The van der Waals surface area contributed by atoms with Crippen LogP contribution in [0.4, 0.5) is 0 Å². The number of aromatic nitrogens is 3. The lowest BCUT2D eigenvalue weighted by molar-refractivity contribution is 0.0115. The monoisotopic (exact) mass is 375 g/mol. The molecule has 0 N–H and O–H groups in total. The molecule has 142 valence electrons. The van der Waals surface area contributed by atoms with Crippen LogP contribution in [0.3, 0.4) is 0 Å². The first-order valence-electron chi connectivity index (χ1n) is 9.42. The van der Waals surface area contributed by atoms with Gasteiger partial charge in [0.05, 0.1) is 6.04 Å². The summed E-state index contributed by atoms with van der Waals surface area (Å²) in [5.74, 6) is 1.30. The van der Waals surface area contributed by atoms with Gasteiger partial charge in [-0.15, -0.1) is 0 Å². The van der Waals surface area contributed by atoms with Crippen molar-refractivity contribution in [1.82, 2.24) is 24.9 Å². The Morgan fingerprint density at radius 1 is 1.14 bits per heavy atom. The molecule has 2 aliphatic rings. The van der Waals surface area contributed by atoms with E-state index in [0.717, 1.165) is 37.2 Å². The van der Waals surface area contributed by atoms with Gasteiger partial charge < -0.3 is 9.42 Å². The van der Waals surface area contributed by atoms with E-state index in [1.165, 1.54) is 0 Å². The second-order valence-corrected chi connectivity index (χ2v) is 7.86. The molecular formula is C21H21N5O2. The fraction of sp³-hybridized carbons (Fsp3) is 0.333. The van der Waals surface area contributed by atoms with Gasteiger partial charge in [-0.1, -0.05) is 23.4 Å². The van der Waals surface area contributed by atoms with E-state index in [-0.39, 0.29) is 17.4 Å². The number of benzene rings is 1. The maximum absolute atomic E-state index is 12.6. The molecule has 2 saturated heterocycles. The molecular weight excluding hydrogens is 354 g/mol. The highest BCUT2D eigenvalue weighted by Gasteiger charge is 2.53. The van der Waals surface area contributed by atoms with Crippen LogP contribution in [-0.2, 0) is 0 Å². The molecule has 0 saturated carbocycles. The predicted octanol–water partition coefficient (Wildman–Crippen LogP) is 2.65. The van der Waals surface area contributed by atoms with Crippen LogP contribution in [0, 0.1) is 5.41 Å². The summed E-state index contributed by atoms with van der Waals surface area (Å²) < 4.78 is 5.57. The molecule has 1 unspecified atom stereocenters. The first-order valence-corrected chi connectivity index (χ1v) is 9.42. The maximum Gasteiger partial charge on any atom is 0.253 e. The molecule has 3 aromatic rings. The van der Waals surface area contributed by atoms with Crippen molar-refractivity contribution in [2.75, 3.05) is 26.7 Å². The summed E-state index contributed by atoms with van der Waals surface area (Å²) in [5, 5.41) is 4.12. The van der Waals surface area contributed by atoms with Crippen LogP contribution in [0.15, 0.2) is 59.4 Å². The molecule has 2 fully saturated rings. The minimum atomic E-state index is 0.0758. The number of likely N-dealkylation sites (tertiary alicyclic amines) is 2. The van der Waals surface area contributed by atoms with E-state index in [2.05, 4.69) is 27.1 Å². The van der Waals surface area contributed by atoms with Crippen molar-refractivity contribution in [1.29, 1.82) is 0 Å². The summed E-state index contributed by atoms with van der Waals surface area (Å²) in [6.07, 6.45) is 4.36. The van der Waals surface area contributed by atoms with Crippen LogP contribution >= 0.6 is 0 Å². The minimum absolute atomic E-state index is 0.0758. The van der Waals surface area contributed by atoms with Crippen LogP contribution in [0.5, 0.6) is 0 Å². The summed E-state index contributed by atoms with van der Waals surface area (Å²) in [5.41, 5.74) is 1.70. The molecule has 1 spiro atoms. The van der Waals surface area contributed by atoms with Crippen molar-refractivity contribution in [3.05, 3.63) is 66.3 Å². The second kappa shape index (κ2) is 6.53. The Bertz CT molecular complexity index is 982. The molecule has 0 bridgehead atoms.